The van der Waals surface area contributed by atoms with Crippen LogP contribution in [0.5, 0.6) is 0 Å². The number of carbonyl (C=O) groups excluding carboxylic acids is 2. The van der Waals surface area contributed by atoms with Gasteiger partial charge in [-0.2, -0.15) is 0 Å². The van der Waals surface area contributed by atoms with Crippen molar-refractivity contribution in [1.29, 1.82) is 0 Å². The minimum absolute atomic E-state index is 0.357. The average Bonchev–Trinajstić information content (AvgIpc) is 3.67. The number of hydrogen-bond acceptors (Lipinski definition) is 4. The highest BCUT2D eigenvalue weighted by atomic mass is 16.6. The van der Waals surface area contributed by atoms with Gasteiger partial charge in [0.25, 0.3) is 6.47 Å². The molecular formula is C34H29NO4. The predicted molar refractivity (Wildman–Crippen MR) is 151 cm³/mol. The molecule has 0 heterocycles. The molecule has 0 saturated heterocycles. The summed E-state index contributed by atoms with van der Waals surface area (Å²) in [4.78, 5) is 23.8. The number of hydrogen-bond donors (Lipinski definition) is 1. The molecule has 2 aliphatic carbocycles. The predicted octanol–water partition coefficient (Wildman–Crippen LogP) is 7.32. The molecular weight excluding hydrogens is 486 g/mol. The van der Waals surface area contributed by atoms with Crippen LogP contribution in [0.1, 0.15) is 53.7 Å². The monoisotopic (exact) mass is 515 g/mol. The quantitative estimate of drug-likeness (QED) is 0.250. The molecule has 39 heavy (non-hydrogen) atoms. The Morgan fingerprint density at radius 1 is 0.821 bits per heavy atom. The number of amides is 1. The van der Waals surface area contributed by atoms with E-state index in [-0.39, 0.29) is 6.10 Å². The van der Waals surface area contributed by atoms with Crippen LogP contribution in [0.4, 0.5) is 4.79 Å². The Bertz CT molecular complexity index is 1530. The number of allylic oxidation sites excluding steroid dienone is 1. The first-order valence-electron chi connectivity index (χ1n) is 13.2. The molecule has 1 fully saturated rings. The van der Waals surface area contributed by atoms with E-state index in [2.05, 4.69) is 53.8 Å². The SMILES string of the molecule is C[C@@H](OC(=O)NC1=C(c2ccc(-c3ccc(C4(OC=O)CC4)cc3)cc2)c2ccccc2C1)c1ccccc1. The molecule has 0 bridgehead atoms. The highest BCUT2D eigenvalue weighted by Gasteiger charge is 2.46. The lowest BCUT2D eigenvalue weighted by Gasteiger charge is -2.16. The van der Waals surface area contributed by atoms with Gasteiger partial charge in [0.05, 0.1) is 0 Å². The number of rotatable bonds is 8. The first-order valence-corrected chi connectivity index (χ1v) is 13.2. The Balaban J connectivity index is 1.24. The Morgan fingerprint density at radius 2 is 1.44 bits per heavy atom. The third-order valence-corrected chi connectivity index (χ3v) is 7.66. The van der Waals surface area contributed by atoms with Crippen LogP contribution in [0, 0.1) is 0 Å². The van der Waals surface area contributed by atoms with E-state index in [1.54, 1.807) is 0 Å². The lowest BCUT2D eigenvalue weighted by molar-refractivity contribution is -0.136. The van der Waals surface area contributed by atoms with Gasteiger partial charge in [0, 0.05) is 17.7 Å². The lowest BCUT2D eigenvalue weighted by Crippen LogP contribution is -2.25. The standard InChI is InChI=1S/C34H29NO4/c1-23(24-7-3-2-4-8-24)39-33(37)35-31-21-28-9-5-6-10-30(28)32(31)27-13-11-25(12-14-27)26-15-17-29(18-16-26)34(19-20-34)38-22-36/h2-18,22-23H,19-21H2,1H3,(H,35,37)/t23-/m1/s1. The minimum atomic E-state index is -0.463. The van der Waals surface area contributed by atoms with Crippen LogP contribution in [0.25, 0.3) is 16.7 Å². The molecule has 1 N–H and O–H groups in total. The molecule has 0 aliphatic heterocycles. The van der Waals surface area contributed by atoms with Crippen molar-refractivity contribution in [2.45, 2.75) is 37.9 Å². The van der Waals surface area contributed by atoms with Gasteiger partial charge >= 0.3 is 6.09 Å². The lowest BCUT2D eigenvalue weighted by atomic mass is 9.95. The van der Waals surface area contributed by atoms with Crippen molar-refractivity contribution in [2.24, 2.45) is 0 Å². The number of ether oxygens (including phenoxy) is 2. The summed E-state index contributed by atoms with van der Waals surface area (Å²) in [5.74, 6) is 0. The Hall–Kier alpha value is -4.64. The third-order valence-electron chi connectivity index (χ3n) is 7.66. The highest BCUT2D eigenvalue weighted by Crippen LogP contribution is 2.49. The maximum atomic E-state index is 12.9. The summed E-state index contributed by atoms with van der Waals surface area (Å²) in [6.07, 6.45) is 1.55. The van der Waals surface area contributed by atoms with Gasteiger partial charge in [0.1, 0.15) is 11.7 Å². The van der Waals surface area contributed by atoms with Gasteiger partial charge in [-0.25, -0.2) is 4.79 Å². The number of fused-ring (bicyclic) bond motifs is 1. The average molecular weight is 516 g/mol. The van der Waals surface area contributed by atoms with Crippen molar-refractivity contribution in [3.05, 3.63) is 137 Å². The zero-order valence-electron chi connectivity index (χ0n) is 21.7. The molecule has 194 valence electrons. The molecule has 0 spiro atoms. The molecule has 1 atom stereocenters. The second-order valence-electron chi connectivity index (χ2n) is 10.1. The molecule has 4 aromatic carbocycles. The van der Waals surface area contributed by atoms with Crippen LogP contribution >= 0.6 is 0 Å². The van der Waals surface area contributed by atoms with Crippen LogP contribution in [0.15, 0.2) is 109 Å². The van der Waals surface area contributed by atoms with Gasteiger partial charge < -0.3 is 9.47 Å². The molecule has 1 amide bonds. The topological polar surface area (TPSA) is 64.6 Å². The molecule has 2 aliphatic rings. The van der Waals surface area contributed by atoms with Crippen molar-refractivity contribution < 1.29 is 19.1 Å². The van der Waals surface area contributed by atoms with Crippen molar-refractivity contribution in [3.63, 3.8) is 0 Å². The largest absolute Gasteiger partial charge is 0.456 e. The fourth-order valence-corrected chi connectivity index (χ4v) is 5.38. The van der Waals surface area contributed by atoms with Gasteiger partial charge in [0.2, 0.25) is 0 Å². The molecule has 5 heteroatoms. The van der Waals surface area contributed by atoms with Crippen LogP contribution in [-0.2, 0) is 26.3 Å². The van der Waals surface area contributed by atoms with Crippen LogP contribution in [0.3, 0.4) is 0 Å². The van der Waals surface area contributed by atoms with Gasteiger partial charge in [-0.15, -0.1) is 0 Å². The van der Waals surface area contributed by atoms with E-state index >= 15 is 0 Å². The summed E-state index contributed by atoms with van der Waals surface area (Å²) < 4.78 is 11.0. The normalized spacial score (nSPS) is 15.7. The summed E-state index contributed by atoms with van der Waals surface area (Å²) in [7, 11) is 0. The van der Waals surface area contributed by atoms with Crippen molar-refractivity contribution in [3.8, 4) is 11.1 Å². The van der Waals surface area contributed by atoms with E-state index in [1.807, 2.05) is 61.5 Å². The Morgan fingerprint density at radius 3 is 2.10 bits per heavy atom. The maximum absolute atomic E-state index is 12.9. The summed E-state index contributed by atoms with van der Waals surface area (Å²) in [5.41, 5.74) is 8.89. The molecule has 5 nitrogen and oxygen atoms in total. The molecule has 6 rings (SSSR count). The van der Waals surface area contributed by atoms with Crippen LogP contribution in [-0.4, -0.2) is 12.6 Å². The molecule has 0 aromatic heterocycles. The Kier molecular flexibility index (Phi) is 6.49. The second-order valence-corrected chi connectivity index (χ2v) is 10.1. The number of benzene rings is 4. The van der Waals surface area contributed by atoms with E-state index in [0.717, 1.165) is 57.5 Å². The minimum Gasteiger partial charge on any atom is -0.456 e. The summed E-state index contributed by atoms with van der Waals surface area (Å²) in [5, 5.41) is 3.04. The van der Waals surface area contributed by atoms with E-state index < -0.39 is 11.7 Å². The van der Waals surface area contributed by atoms with Crippen molar-refractivity contribution >= 4 is 18.1 Å². The Labute approximate surface area is 228 Å². The number of carbonyl (C=O) groups is 2. The van der Waals surface area contributed by atoms with E-state index in [1.165, 1.54) is 5.56 Å². The smallest absolute Gasteiger partial charge is 0.411 e. The van der Waals surface area contributed by atoms with Gasteiger partial charge in [0.15, 0.2) is 0 Å². The fourth-order valence-electron chi connectivity index (χ4n) is 5.38. The third kappa shape index (κ3) is 4.96. The van der Waals surface area contributed by atoms with Crippen LogP contribution < -0.4 is 5.32 Å². The van der Waals surface area contributed by atoms with E-state index in [0.29, 0.717) is 12.9 Å². The molecule has 4 aromatic rings. The van der Waals surface area contributed by atoms with Crippen molar-refractivity contribution in [2.75, 3.05) is 0 Å². The van der Waals surface area contributed by atoms with E-state index in [9.17, 15) is 9.59 Å². The van der Waals surface area contributed by atoms with Crippen LogP contribution in [0.2, 0.25) is 0 Å². The number of nitrogens with one attached hydrogen (secondary N) is 1. The fraction of sp³-hybridized carbons (Fsp3) is 0.176. The first-order chi connectivity index (χ1) is 19.1. The molecule has 0 unspecified atom stereocenters. The molecule has 1 saturated carbocycles. The van der Waals surface area contributed by atoms with Gasteiger partial charge in [-0.1, -0.05) is 103 Å². The number of alkyl carbamates (subject to hydrolysis) is 1. The van der Waals surface area contributed by atoms with E-state index in [4.69, 9.17) is 9.47 Å². The molecule has 0 radical (unpaired) electrons. The summed E-state index contributed by atoms with van der Waals surface area (Å²) in [6.45, 7) is 2.42. The zero-order chi connectivity index (χ0) is 26.8. The second kappa shape index (κ2) is 10.3. The first kappa shape index (κ1) is 24.7. The highest BCUT2D eigenvalue weighted by molar-refractivity contribution is 5.90. The maximum Gasteiger partial charge on any atom is 0.411 e. The van der Waals surface area contributed by atoms with Crippen molar-refractivity contribution in [1.82, 2.24) is 5.32 Å². The summed E-state index contributed by atoms with van der Waals surface area (Å²) >= 11 is 0. The zero-order valence-corrected chi connectivity index (χ0v) is 21.7. The van der Waals surface area contributed by atoms with Gasteiger partial charge in [-0.05, 0) is 58.7 Å². The van der Waals surface area contributed by atoms with Gasteiger partial charge in [-0.3, -0.25) is 10.1 Å². The summed E-state index contributed by atoms with van der Waals surface area (Å²) in [6, 6.07) is 34.6.